The molecule has 0 bridgehead atoms. The number of hydrogen-bond acceptors (Lipinski definition) is 4. The molecule has 22 heavy (non-hydrogen) atoms. The third kappa shape index (κ3) is 4.09. The molecule has 1 aromatic carbocycles. The molecular formula is C15H20FN5O. The molecule has 7 heteroatoms. The van der Waals surface area contributed by atoms with Crippen molar-refractivity contribution in [1.29, 1.82) is 0 Å². The van der Waals surface area contributed by atoms with Gasteiger partial charge in [-0.05, 0) is 41.5 Å². The highest BCUT2D eigenvalue weighted by molar-refractivity contribution is 5.80. The third-order valence-corrected chi connectivity index (χ3v) is 3.40. The quantitative estimate of drug-likeness (QED) is 0.792. The lowest BCUT2D eigenvalue weighted by Gasteiger charge is -2.17. The number of halogens is 1. The van der Waals surface area contributed by atoms with Gasteiger partial charge in [-0.2, -0.15) is 0 Å². The molecule has 0 saturated carbocycles. The van der Waals surface area contributed by atoms with E-state index in [-0.39, 0.29) is 11.7 Å². The Morgan fingerprint density at radius 3 is 2.91 bits per heavy atom. The van der Waals surface area contributed by atoms with Gasteiger partial charge < -0.3 is 5.32 Å². The number of nitrogens with zero attached hydrogens (tertiary/aromatic N) is 4. The Hall–Kier alpha value is -2.31. The van der Waals surface area contributed by atoms with Crippen LogP contribution in [0.15, 0.2) is 24.3 Å². The summed E-state index contributed by atoms with van der Waals surface area (Å²) in [5.41, 5.74) is 0.727. The topological polar surface area (TPSA) is 72.7 Å². The highest BCUT2D eigenvalue weighted by Crippen LogP contribution is 2.16. The smallest absolute Gasteiger partial charge is 0.245 e. The first kappa shape index (κ1) is 16.1. The summed E-state index contributed by atoms with van der Waals surface area (Å²) in [5.74, 6) is 0.0660. The zero-order chi connectivity index (χ0) is 15.9. The number of carbonyl (C=O) groups excluding carboxylic acids is 1. The fourth-order valence-corrected chi connectivity index (χ4v) is 2.21. The maximum atomic E-state index is 13.3. The summed E-state index contributed by atoms with van der Waals surface area (Å²) in [4.78, 5) is 12.4. The SMILES string of the molecule is CCCCNC(=O)[C@H](Cc1cccc(F)c1)n1nnnc1C. The van der Waals surface area contributed by atoms with Crippen molar-refractivity contribution < 1.29 is 9.18 Å². The van der Waals surface area contributed by atoms with Crippen LogP contribution >= 0.6 is 0 Å². The summed E-state index contributed by atoms with van der Waals surface area (Å²) in [6.45, 7) is 4.40. The van der Waals surface area contributed by atoms with Gasteiger partial charge in [0.15, 0.2) is 0 Å². The van der Waals surface area contributed by atoms with E-state index < -0.39 is 6.04 Å². The molecule has 118 valence electrons. The molecule has 0 unspecified atom stereocenters. The number of amides is 1. The standard InChI is InChI=1S/C15H20FN5O/c1-3-4-8-17-15(22)14(21-11(2)18-19-20-21)10-12-6-5-7-13(16)9-12/h5-7,9,14H,3-4,8,10H2,1-2H3,(H,17,22)/t14-/m0/s1. The predicted octanol–water partition coefficient (Wildman–Crippen LogP) is 1.82. The Kier molecular flexibility index (Phi) is 5.57. The van der Waals surface area contributed by atoms with E-state index in [1.807, 2.05) is 0 Å². The van der Waals surface area contributed by atoms with Crippen molar-refractivity contribution in [3.63, 3.8) is 0 Å². The van der Waals surface area contributed by atoms with E-state index in [0.717, 1.165) is 18.4 Å². The number of rotatable bonds is 7. The summed E-state index contributed by atoms with van der Waals surface area (Å²) in [5, 5.41) is 14.2. The average Bonchev–Trinajstić information content (AvgIpc) is 2.91. The molecule has 1 N–H and O–H groups in total. The van der Waals surface area contributed by atoms with E-state index in [9.17, 15) is 9.18 Å². The average molecular weight is 305 g/mol. The van der Waals surface area contributed by atoms with Gasteiger partial charge in [0.05, 0.1) is 0 Å². The van der Waals surface area contributed by atoms with Crippen LogP contribution < -0.4 is 5.32 Å². The van der Waals surface area contributed by atoms with Crippen molar-refractivity contribution in [2.24, 2.45) is 0 Å². The molecular weight excluding hydrogens is 285 g/mol. The lowest BCUT2D eigenvalue weighted by atomic mass is 10.0. The number of hydrogen-bond donors (Lipinski definition) is 1. The third-order valence-electron chi connectivity index (χ3n) is 3.40. The summed E-state index contributed by atoms with van der Waals surface area (Å²) in [6, 6.07) is 5.63. The number of tetrazole rings is 1. The summed E-state index contributed by atoms with van der Waals surface area (Å²) in [7, 11) is 0. The molecule has 1 amide bonds. The number of unbranched alkanes of at least 4 members (excludes halogenated alkanes) is 1. The number of aromatic nitrogens is 4. The number of carbonyl (C=O) groups is 1. The van der Waals surface area contributed by atoms with E-state index in [0.29, 0.717) is 18.8 Å². The van der Waals surface area contributed by atoms with E-state index in [2.05, 4.69) is 27.8 Å². The van der Waals surface area contributed by atoms with Crippen LogP contribution in [0, 0.1) is 12.7 Å². The van der Waals surface area contributed by atoms with Crippen molar-refractivity contribution in [3.8, 4) is 0 Å². The monoisotopic (exact) mass is 305 g/mol. The Labute approximate surface area is 128 Å². The molecule has 2 rings (SSSR count). The molecule has 2 aromatic rings. The number of aryl methyl sites for hydroxylation is 1. The van der Waals surface area contributed by atoms with Crippen molar-refractivity contribution in [2.45, 2.75) is 39.2 Å². The molecule has 0 aliphatic heterocycles. The molecule has 0 aliphatic rings. The van der Waals surface area contributed by atoms with Crippen LogP contribution in [-0.2, 0) is 11.2 Å². The molecule has 1 heterocycles. The Balaban J connectivity index is 2.18. The van der Waals surface area contributed by atoms with Gasteiger partial charge >= 0.3 is 0 Å². The van der Waals surface area contributed by atoms with Crippen molar-refractivity contribution >= 4 is 5.91 Å². The van der Waals surface area contributed by atoms with Gasteiger partial charge in [-0.1, -0.05) is 25.5 Å². The van der Waals surface area contributed by atoms with Gasteiger partial charge in [0.25, 0.3) is 0 Å². The van der Waals surface area contributed by atoms with Gasteiger partial charge in [-0.25, -0.2) is 9.07 Å². The zero-order valence-corrected chi connectivity index (χ0v) is 12.8. The molecule has 0 saturated heterocycles. The van der Waals surface area contributed by atoms with Crippen LogP contribution in [0.3, 0.4) is 0 Å². The number of benzene rings is 1. The molecule has 6 nitrogen and oxygen atoms in total. The zero-order valence-electron chi connectivity index (χ0n) is 12.8. The normalized spacial score (nSPS) is 12.1. The van der Waals surface area contributed by atoms with E-state index in [4.69, 9.17) is 0 Å². The van der Waals surface area contributed by atoms with Gasteiger partial charge in [-0.3, -0.25) is 4.79 Å². The molecule has 1 aromatic heterocycles. The van der Waals surface area contributed by atoms with Crippen molar-refractivity contribution in [1.82, 2.24) is 25.5 Å². The Bertz CT molecular complexity index is 628. The minimum Gasteiger partial charge on any atom is -0.354 e. The molecule has 0 radical (unpaired) electrons. The minimum absolute atomic E-state index is 0.159. The maximum Gasteiger partial charge on any atom is 0.245 e. The first-order valence-electron chi connectivity index (χ1n) is 7.38. The molecule has 0 fully saturated rings. The highest BCUT2D eigenvalue weighted by atomic mass is 19.1. The van der Waals surface area contributed by atoms with E-state index in [1.54, 1.807) is 19.1 Å². The van der Waals surface area contributed by atoms with Gasteiger partial charge in [0.2, 0.25) is 5.91 Å². The first-order valence-corrected chi connectivity index (χ1v) is 7.38. The van der Waals surface area contributed by atoms with E-state index in [1.165, 1.54) is 16.8 Å². The fourth-order valence-electron chi connectivity index (χ4n) is 2.21. The van der Waals surface area contributed by atoms with Crippen LogP contribution in [0.4, 0.5) is 4.39 Å². The largest absolute Gasteiger partial charge is 0.354 e. The first-order chi connectivity index (χ1) is 10.6. The van der Waals surface area contributed by atoms with Gasteiger partial charge in [0.1, 0.15) is 17.7 Å². The lowest BCUT2D eigenvalue weighted by molar-refractivity contribution is -0.124. The Morgan fingerprint density at radius 1 is 1.45 bits per heavy atom. The second kappa shape index (κ2) is 7.63. The predicted molar refractivity (Wildman–Crippen MR) is 79.6 cm³/mol. The highest BCUT2D eigenvalue weighted by Gasteiger charge is 2.24. The fraction of sp³-hybridized carbons (Fsp3) is 0.467. The maximum absolute atomic E-state index is 13.3. The lowest BCUT2D eigenvalue weighted by Crippen LogP contribution is -2.35. The van der Waals surface area contributed by atoms with Crippen molar-refractivity contribution in [2.75, 3.05) is 6.54 Å². The molecule has 0 spiro atoms. The summed E-state index contributed by atoms with van der Waals surface area (Å²) < 4.78 is 14.8. The van der Waals surface area contributed by atoms with Gasteiger partial charge in [0, 0.05) is 13.0 Å². The minimum atomic E-state index is -0.589. The van der Waals surface area contributed by atoms with Crippen LogP contribution in [-0.4, -0.2) is 32.7 Å². The van der Waals surface area contributed by atoms with Crippen molar-refractivity contribution in [3.05, 3.63) is 41.5 Å². The summed E-state index contributed by atoms with van der Waals surface area (Å²) in [6.07, 6.45) is 2.24. The van der Waals surface area contributed by atoms with Crippen LogP contribution in [0.5, 0.6) is 0 Å². The van der Waals surface area contributed by atoms with Crippen LogP contribution in [0.1, 0.15) is 37.2 Å². The van der Waals surface area contributed by atoms with Crippen LogP contribution in [0.25, 0.3) is 0 Å². The van der Waals surface area contributed by atoms with Crippen LogP contribution in [0.2, 0.25) is 0 Å². The second-order valence-electron chi connectivity index (χ2n) is 5.17. The Morgan fingerprint density at radius 2 is 2.27 bits per heavy atom. The second-order valence-corrected chi connectivity index (χ2v) is 5.17. The number of nitrogens with one attached hydrogen (secondary N) is 1. The molecule has 0 aliphatic carbocycles. The van der Waals surface area contributed by atoms with E-state index >= 15 is 0 Å². The molecule has 1 atom stereocenters. The summed E-state index contributed by atoms with van der Waals surface area (Å²) >= 11 is 0. The van der Waals surface area contributed by atoms with Gasteiger partial charge in [-0.15, -0.1) is 5.10 Å².